The molecule has 0 aromatic carbocycles. The maximum absolute atomic E-state index is 10.7. The summed E-state index contributed by atoms with van der Waals surface area (Å²) in [5, 5.41) is 17.8. The third kappa shape index (κ3) is 2.77. The Morgan fingerprint density at radius 3 is 2.89 bits per heavy atom. The molecule has 0 atom stereocenters. The predicted octanol–water partition coefficient (Wildman–Crippen LogP) is 1.64. The van der Waals surface area contributed by atoms with Crippen LogP contribution in [0.4, 0.5) is 5.82 Å². The van der Waals surface area contributed by atoms with Crippen molar-refractivity contribution in [1.29, 1.82) is 5.26 Å². The smallest absolute Gasteiger partial charge is 0.303 e. The van der Waals surface area contributed by atoms with Crippen LogP contribution in [0.25, 0.3) is 0 Å². The summed E-state index contributed by atoms with van der Waals surface area (Å²) in [7, 11) is 0. The molecule has 0 bridgehead atoms. The van der Waals surface area contributed by atoms with Crippen molar-refractivity contribution >= 4 is 11.8 Å². The fraction of sp³-hybridized carbons (Fsp3) is 0.462. The average molecular weight is 245 g/mol. The quantitative estimate of drug-likeness (QED) is 0.876. The van der Waals surface area contributed by atoms with Gasteiger partial charge in [-0.1, -0.05) is 0 Å². The molecular weight excluding hydrogens is 230 g/mol. The van der Waals surface area contributed by atoms with Gasteiger partial charge >= 0.3 is 5.97 Å². The number of carbonyl (C=O) groups is 1. The van der Waals surface area contributed by atoms with Gasteiger partial charge < -0.3 is 10.0 Å². The van der Waals surface area contributed by atoms with E-state index in [-0.39, 0.29) is 12.3 Å². The Bertz CT molecular complexity index is 473. The van der Waals surface area contributed by atoms with Gasteiger partial charge in [0.05, 0.1) is 5.56 Å². The highest BCUT2D eigenvalue weighted by molar-refractivity contribution is 5.67. The Morgan fingerprint density at radius 2 is 2.28 bits per heavy atom. The second-order valence-electron chi connectivity index (χ2n) is 4.51. The summed E-state index contributed by atoms with van der Waals surface area (Å²) in [6.07, 6.45) is 3.60. The van der Waals surface area contributed by atoms with Crippen molar-refractivity contribution in [2.75, 3.05) is 18.0 Å². The number of rotatable bonds is 3. The van der Waals surface area contributed by atoms with Gasteiger partial charge in [-0.15, -0.1) is 0 Å². The van der Waals surface area contributed by atoms with E-state index in [1.165, 1.54) is 0 Å². The molecule has 0 saturated carbocycles. The van der Waals surface area contributed by atoms with Crippen LogP contribution in [0.3, 0.4) is 0 Å². The van der Waals surface area contributed by atoms with Gasteiger partial charge in [-0.25, -0.2) is 4.98 Å². The lowest BCUT2D eigenvalue weighted by atomic mass is 9.93. The molecule has 2 rings (SSSR count). The van der Waals surface area contributed by atoms with Gasteiger partial charge in [-0.05, 0) is 30.9 Å². The molecule has 2 heterocycles. The van der Waals surface area contributed by atoms with Crippen LogP contribution < -0.4 is 4.90 Å². The molecule has 0 unspecified atom stereocenters. The van der Waals surface area contributed by atoms with Gasteiger partial charge in [0.2, 0.25) is 0 Å². The monoisotopic (exact) mass is 245 g/mol. The Kier molecular flexibility index (Phi) is 3.78. The molecule has 1 N–H and O–H groups in total. The van der Waals surface area contributed by atoms with E-state index in [2.05, 4.69) is 16.0 Å². The lowest BCUT2D eigenvalue weighted by Crippen LogP contribution is -2.35. The van der Waals surface area contributed by atoms with Gasteiger partial charge in [0.15, 0.2) is 0 Å². The fourth-order valence-corrected chi connectivity index (χ4v) is 2.33. The highest BCUT2D eigenvalue weighted by atomic mass is 16.4. The Labute approximate surface area is 106 Å². The maximum atomic E-state index is 10.7. The zero-order valence-corrected chi connectivity index (χ0v) is 10.0. The maximum Gasteiger partial charge on any atom is 0.303 e. The van der Waals surface area contributed by atoms with Crippen molar-refractivity contribution in [2.24, 2.45) is 5.92 Å². The second kappa shape index (κ2) is 5.50. The Hall–Kier alpha value is -2.09. The predicted molar refractivity (Wildman–Crippen MR) is 66.1 cm³/mol. The number of hydrogen-bond acceptors (Lipinski definition) is 4. The van der Waals surface area contributed by atoms with Crippen LogP contribution in [0.5, 0.6) is 0 Å². The molecule has 0 amide bonds. The first-order valence-corrected chi connectivity index (χ1v) is 6.02. The summed E-state index contributed by atoms with van der Waals surface area (Å²) in [6.45, 7) is 1.54. The first-order chi connectivity index (χ1) is 8.70. The number of pyridine rings is 1. The van der Waals surface area contributed by atoms with E-state index in [0.717, 1.165) is 25.9 Å². The van der Waals surface area contributed by atoms with Gasteiger partial charge in [0.25, 0.3) is 0 Å². The summed E-state index contributed by atoms with van der Waals surface area (Å²) >= 11 is 0. The first kappa shape index (κ1) is 12.4. The van der Waals surface area contributed by atoms with Crippen LogP contribution in [-0.2, 0) is 4.79 Å². The lowest BCUT2D eigenvalue weighted by Gasteiger charge is -2.32. The van der Waals surface area contributed by atoms with Crippen molar-refractivity contribution in [1.82, 2.24) is 4.98 Å². The third-order valence-electron chi connectivity index (χ3n) is 3.28. The van der Waals surface area contributed by atoms with Crippen molar-refractivity contribution in [3.8, 4) is 6.07 Å². The number of aliphatic carboxylic acids is 1. The number of nitrogens with zero attached hydrogens (tertiary/aromatic N) is 3. The van der Waals surface area contributed by atoms with E-state index in [9.17, 15) is 4.79 Å². The number of carboxylic acids is 1. The van der Waals surface area contributed by atoms with E-state index in [4.69, 9.17) is 10.4 Å². The first-order valence-electron chi connectivity index (χ1n) is 6.02. The molecule has 18 heavy (non-hydrogen) atoms. The summed E-state index contributed by atoms with van der Waals surface area (Å²) in [4.78, 5) is 17.0. The number of piperidine rings is 1. The summed E-state index contributed by atoms with van der Waals surface area (Å²) in [5.41, 5.74) is 0.578. The third-order valence-corrected chi connectivity index (χ3v) is 3.28. The number of anilines is 1. The minimum Gasteiger partial charge on any atom is -0.481 e. The van der Waals surface area contributed by atoms with Crippen LogP contribution in [0.2, 0.25) is 0 Å². The van der Waals surface area contributed by atoms with E-state index in [1.54, 1.807) is 18.3 Å². The minimum atomic E-state index is -0.732. The van der Waals surface area contributed by atoms with Crippen molar-refractivity contribution in [2.45, 2.75) is 19.3 Å². The topological polar surface area (TPSA) is 77.2 Å². The molecule has 1 aliphatic heterocycles. The molecule has 0 aliphatic carbocycles. The van der Waals surface area contributed by atoms with E-state index in [0.29, 0.717) is 11.4 Å². The molecule has 0 spiro atoms. The van der Waals surface area contributed by atoms with Crippen LogP contribution in [0.1, 0.15) is 24.8 Å². The molecule has 94 valence electrons. The van der Waals surface area contributed by atoms with Crippen molar-refractivity contribution < 1.29 is 9.90 Å². The molecule has 1 fully saturated rings. The van der Waals surface area contributed by atoms with E-state index in [1.807, 2.05) is 0 Å². The number of aromatic nitrogens is 1. The molecule has 0 radical (unpaired) electrons. The minimum absolute atomic E-state index is 0.237. The normalized spacial score (nSPS) is 16.3. The zero-order valence-electron chi connectivity index (χ0n) is 10.0. The average Bonchev–Trinajstić information content (AvgIpc) is 2.39. The van der Waals surface area contributed by atoms with Crippen LogP contribution in [-0.4, -0.2) is 29.1 Å². The van der Waals surface area contributed by atoms with Crippen molar-refractivity contribution in [3.63, 3.8) is 0 Å². The number of carboxylic acid groups (broad SMARTS) is 1. The highest BCUT2D eigenvalue weighted by Gasteiger charge is 2.23. The van der Waals surface area contributed by atoms with E-state index >= 15 is 0 Å². The van der Waals surface area contributed by atoms with Gasteiger partial charge in [0, 0.05) is 25.7 Å². The number of nitriles is 1. The molecule has 1 aromatic rings. The van der Waals surface area contributed by atoms with Gasteiger partial charge in [-0.2, -0.15) is 5.26 Å². The van der Waals surface area contributed by atoms with Crippen molar-refractivity contribution in [3.05, 3.63) is 23.9 Å². The Morgan fingerprint density at radius 1 is 1.56 bits per heavy atom. The summed E-state index contributed by atoms with van der Waals surface area (Å²) in [5.74, 6) is 0.228. The summed E-state index contributed by atoms with van der Waals surface area (Å²) in [6, 6.07) is 5.64. The second-order valence-corrected chi connectivity index (χ2v) is 4.51. The van der Waals surface area contributed by atoms with E-state index < -0.39 is 5.97 Å². The lowest BCUT2D eigenvalue weighted by molar-refractivity contribution is -0.138. The fourth-order valence-electron chi connectivity index (χ4n) is 2.33. The molecule has 5 nitrogen and oxygen atoms in total. The molecule has 1 aromatic heterocycles. The van der Waals surface area contributed by atoms with Gasteiger partial charge in [-0.3, -0.25) is 4.79 Å². The largest absolute Gasteiger partial charge is 0.481 e. The summed E-state index contributed by atoms with van der Waals surface area (Å²) < 4.78 is 0. The Balaban J connectivity index is 2.01. The molecule has 1 saturated heterocycles. The zero-order chi connectivity index (χ0) is 13.0. The number of hydrogen-bond donors (Lipinski definition) is 1. The van der Waals surface area contributed by atoms with Gasteiger partial charge in [0.1, 0.15) is 11.9 Å². The van der Waals surface area contributed by atoms with Crippen LogP contribution in [0, 0.1) is 17.2 Å². The molecular formula is C13H15N3O2. The SMILES string of the molecule is N#Cc1cccnc1N1CCC(CC(=O)O)CC1. The molecule has 5 heteroatoms. The standard InChI is InChI=1S/C13H15N3O2/c14-9-11-2-1-5-15-13(11)16-6-3-10(4-7-16)8-12(17)18/h1-2,5,10H,3-4,6-8H2,(H,17,18). The van der Waals surface area contributed by atoms with Crippen LogP contribution >= 0.6 is 0 Å². The molecule has 1 aliphatic rings. The highest BCUT2D eigenvalue weighted by Crippen LogP contribution is 2.25. The van der Waals surface area contributed by atoms with Crippen LogP contribution in [0.15, 0.2) is 18.3 Å².